The number of allylic oxidation sites excluding steroid dienone is 7. The Bertz CT molecular complexity index is 305. The maximum Gasteiger partial charge on any atom is -0.0191 e. The van der Waals surface area contributed by atoms with Gasteiger partial charge in [0, 0.05) is 0 Å². The Morgan fingerprint density at radius 3 is 2.73 bits per heavy atom. The van der Waals surface area contributed by atoms with E-state index in [4.69, 9.17) is 0 Å². The van der Waals surface area contributed by atoms with Crippen LogP contribution in [-0.4, -0.2) is 0 Å². The Morgan fingerprint density at radius 2 is 2.20 bits per heavy atom. The zero-order chi connectivity index (χ0) is 10.6. The molecule has 1 aliphatic rings. The van der Waals surface area contributed by atoms with E-state index in [9.17, 15) is 0 Å². The first kappa shape index (κ1) is 13.9. The van der Waals surface area contributed by atoms with E-state index in [2.05, 4.69) is 39.5 Å². The van der Waals surface area contributed by atoms with Crippen LogP contribution in [-0.2, 0) is 0 Å². The molecule has 1 atom stereocenters. The van der Waals surface area contributed by atoms with Gasteiger partial charge in [-0.05, 0) is 31.3 Å². The average molecular weight is 205 g/mol. The molecule has 0 aromatic carbocycles. The molecule has 1 nitrogen and oxygen atoms in total. The first-order valence-corrected chi connectivity index (χ1v) is 5.38. The van der Waals surface area contributed by atoms with Crippen LogP contribution in [0.4, 0.5) is 0 Å². The standard InChI is InChI=1S/C14H20.H3N/c1-5-7-8-14-10-13(6-2)11(3)9-12(14)4;/h5,7-8,10-11H,1,6,9H2,2-4H3;1H3/b8-7-;. The highest BCUT2D eigenvalue weighted by Gasteiger charge is 2.14. The minimum Gasteiger partial charge on any atom is -0.344 e. The first-order chi connectivity index (χ1) is 6.69. The Balaban J connectivity index is 0.00000196. The molecule has 0 aromatic rings. The maximum absolute atomic E-state index is 3.69. The summed E-state index contributed by atoms with van der Waals surface area (Å²) >= 11 is 0. The van der Waals surface area contributed by atoms with E-state index in [-0.39, 0.29) is 6.15 Å². The van der Waals surface area contributed by atoms with Crippen molar-refractivity contribution in [1.29, 1.82) is 0 Å². The van der Waals surface area contributed by atoms with Gasteiger partial charge >= 0.3 is 0 Å². The zero-order valence-electron chi connectivity index (χ0n) is 10.2. The topological polar surface area (TPSA) is 35.0 Å². The normalized spacial score (nSPS) is 21.3. The molecule has 0 fully saturated rings. The van der Waals surface area contributed by atoms with Crippen molar-refractivity contribution in [3.63, 3.8) is 0 Å². The van der Waals surface area contributed by atoms with E-state index in [0.29, 0.717) is 0 Å². The molecule has 1 heteroatoms. The lowest BCUT2D eigenvalue weighted by atomic mass is 9.84. The highest BCUT2D eigenvalue weighted by molar-refractivity contribution is 5.42. The molecule has 0 spiro atoms. The fourth-order valence-electron chi connectivity index (χ4n) is 1.99. The SMILES string of the molecule is C=C/C=C\C1=C(C)CC(C)C(CC)=C1.N. The summed E-state index contributed by atoms with van der Waals surface area (Å²) in [6, 6.07) is 0. The van der Waals surface area contributed by atoms with Crippen LogP contribution in [0.3, 0.4) is 0 Å². The quantitative estimate of drug-likeness (QED) is 0.672. The Labute approximate surface area is 93.9 Å². The molecule has 1 aliphatic carbocycles. The van der Waals surface area contributed by atoms with Crippen LogP contribution in [0, 0.1) is 5.92 Å². The van der Waals surface area contributed by atoms with Crippen molar-refractivity contribution >= 4 is 0 Å². The molecule has 1 unspecified atom stereocenters. The average Bonchev–Trinajstić information content (AvgIpc) is 2.17. The second-order valence-electron chi connectivity index (χ2n) is 4.01. The molecular weight excluding hydrogens is 182 g/mol. The third-order valence-corrected chi connectivity index (χ3v) is 2.90. The predicted molar refractivity (Wildman–Crippen MR) is 69.2 cm³/mol. The van der Waals surface area contributed by atoms with Crippen LogP contribution >= 0.6 is 0 Å². The summed E-state index contributed by atoms with van der Waals surface area (Å²) in [4.78, 5) is 0. The van der Waals surface area contributed by atoms with Gasteiger partial charge in [0.25, 0.3) is 0 Å². The summed E-state index contributed by atoms with van der Waals surface area (Å²) in [5.74, 6) is 0.723. The van der Waals surface area contributed by atoms with Crippen molar-refractivity contribution in [2.24, 2.45) is 5.92 Å². The Kier molecular flexibility index (Phi) is 5.95. The summed E-state index contributed by atoms with van der Waals surface area (Å²) in [6.45, 7) is 10.5. The Morgan fingerprint density at radius 1 is 1.53 bits per heavy atom. The van der Waals surface area contributed by atoms with Crippen molar-refractivity contribution in [3.05, 3.63) is 47.6 Å². The molecule has 0 saturated carbocycles. The molecule has 0 heterocycles. The van der Waals surface area contributed by atoms with Crippen molar-refractivity contribution in [2.45, 2.75) is 33.6 Å². The summed E-state index contributed by atoms with van der Waals surface area (Å²) in [5, 5.41) is 0. The van der Waals surface area contributed by atoms with Gasteiger partial charge in [-0.2, -0.15) is 0 Å². The van der Waals surface area contributed by atoms with E-state index in [1.54, 1.807) is 5.57 Å². The smallest absolute Gasteiger partial charge is 0.0191 e. The summed E-state index contributed by atoms with van der Waals surface area (Å²) in [6.07, 6.45) is 10.7. The van der Waals surface area contributed by atoms with Gasteiger partial charge in [0.05, 0.1) is 0 Å². The van der Waals surface area contributed by atoms with Gasteiger partial charge in [0.15, 0.2) is 0 Å². The minimum absolute atomic E-state index is 0. The summed E-state index contributed by atoms with van der Waals surface area (Å²) in [5.41, 5.74) is 4.44. The van der Waals surface area contributed by atoms with Gasteiger partial charge < -0.3 is 6.15 Å². The highest BCUT2D eigenvalue weighted by atomic mass is 14.2. The van der Waals surface area contributed by atoms with Crippen LogP contribution in [0.25, 0.3) is 0 Å². The third-order valence-electron chi connectivity index (χ3n) is 2.90. The molecule has 0 bridgehead atoms. The van der Waals surface area contributed by atoms with E-state index in [0.717, 1.165) is 5.92 Å². The van der Waals surface area contributed by atoms with Gasteiger partial charge in [0.2, 0.25) is 0 Å². The lowest BCUT2D eigenvalue weighted by molar-refractivity contribution is 0.635. The highest BCUT2D eigenvalue weighted by Crippen LogP contribution is 2.30. The van der Waals surface area contributed by atoms with Gasteiger partial charge in [0.1, 0.15) is 0 Å². The van der Waals surface area contributed by atoms with Gasteiger partial charge in [-0.1, -0.05) is 55.9 Å². The van der Waals surface area contributed by atoms with E-state index in [1.807, 2.05) is 12.2 Å². The minimum atomic E-state index is 0. The molecule has 3 N–H and O–H groups in total. The van der Waals surface area contributed by atoms with Gasteiger partial charge in [-0.25, -0.2) is 0 Å². The predicted octanol–water partition coefficient (Wildman–Crippen LogP) is 4.58. The molecule has 1 rings (SSSR count). The lowest BCUT2D eigenvalue weighted by Crippen LogP contribution is -2.06. The third kappa shape index (κ3) is 3.52. The van der Waals surface area contributed by atoms with E-state index >= 15 is 0 Å². The Hall–Kier alpha value is -1.08. The maximum atomic E-state index is 3.69. The summed E-state index contributed by atoms with van der Waals surface area (Å²) in [7, 11) is 0. The number of rotatable bonds is 3. The van der Waals surface area contributed by atoms with Gasteiger partial charge in [-0.15, -0.1) is 0 Å². The molecule has 0 radical (unpaired) electrons. The van der Waals surface area contributed by atoms with E-state index in [1.165, 1.54) is 24.0 Å². The van der Waals surface area contributed by atoms with Crippen LogP contribution in [0.15, 0.2) is 47.6 Å². The van der Waals surface area contributed by atoms with E-state index < -0.39 is 0 Å². The monoisotopic (exact) mass is 205 g/mol. The first-order valence-electron chi connectivity index (χ1n) is 5.38. The van der Waals surface area contributed by atoms with Crippen LogP contribution in [0.1, 0.15) is 33.6 Å². The largest absolute Gasteiger partial charge is 0.344 e. The van der Waals surface area contributed by atoms with Crippen LogP contribution in [0.5, 0.6) is 0 Å². The van der Waals surface area contributed by atoms with Crippen LogP contribution in [0.2, 0.25) is 0 Å². The number of hydrogen-bond acceptors (Lipinski definition) is 1. The fraction of sp³-hybridized carbons (Fsp3) is 0.429. The van der Waals surface area contributed by atoms with Crippen molar-refractivity contribution in [2.75, 3.05) is 0 Å². The molecule has 84 valence electrons. The molecule has 15 heavy (non-hydrogen) atoms. The van der Waals surface area contributed by atoms with Crippen molar-refractivity contribution in [1.82, 2.24) is 6.15 Å². The molecule has 0 amide bonds. The second kappa shape index (κ2) is 6.41. The number of hydrogen-bond donors (Lipinski definition) is 1. The molecule has 0 aliphatic heterocycles. The van der Waals surface area contributed by atoms with Crippen molar-refractivity contribution in [3.8, 4) is 0 Å². The lowest BCUT2D eigenvalue weighted by Gasteiger charge is -2.22. The van der Waals surface area contributed by atoms with Crippen LogP contribution < -0.4 is 6.15 Å². The fourth-order valence-corrected chi connectivity index (χ4v) is 1.99. The second-order valence-corrected chi connectivity index (χ2v) is 4.01. The molecular formula is C14H23N. The molecule has 0 saturated heterocycles. The zero-order valence-corrected chi connectivity index (χ0v) is 10.2. The van der Waals surface area contributed by atoms with Gasteiger partial charge in [-0.3, -0.25) is 0 Å². The summed E-state index contributed by atoms with van der Waals surface area (Å²) < 4.78 is 0. The molecule has 0 aromatic heterocycles. The van der Waals surface area contributed by atoms with Crippen molar-refractivity contribution < 1.29 is 0 Å².